The van der Waals surface area contributed by atoms with Crippen molar-refractivity contribution in [2.45, 2.75) is 56.4 Å². The Labute approximate surface area is 172 Å². The van der Waals surface area contributed by atoms with Crippen LogP contribution in [-0.4, -0.2) is 27.0 Å². The van der Waals surface area contributed by atoms with E-state index in [2.05, 4.69) is 30.8 Å². The molecule has 2 N–H and O–H groups in total. The van der Waals surface area contributed by atoms with Gasteiger partial charge in [0.15, 0.2) is 0 Å². The first kappa shape index (κ1) is 21.3. The fourth-order valence-corrected chi connectivity index (χ4v) is 4.12. The maximum Gasteiger partial charge on any atom is 0.240 e. The van der Waals surface area contributed by atoms with Crippen LogP contribution in [0.3, 0.4) is 0 Å². The van der Waals surface area contributed by atoms with Crippen molar-refractivity contribution in [3.8, 4) is 5.75 Å². The summed E-state index contributed by atoms with van der Waals surface area (Å²) in [7, 11) is -3.55. The molecule has 0 aliphatic heterocycles. The molecule has 7 heteroatoms. The highest BCUT2D eigenvalue weighted by atomic mass is 32.2. The molecule has 0 unspecified atom stereocenters. The second kappa shape index (κ2) is 8.55. The van der Waals surface area contributed by atoms with Crippen LogP contribution in [0.2, 0.25) is 0 Å². The fraction of sp³-hybridized carbons (Fsp3) is 0.409. The standard InChI is InChI=1S/C22H28N2O4S/c1-22(2,3)16-7-11-19(12-8-16)28-14-13-21(25)23-18-5-4-6-20(15-18)29(26,27)24-17-9-10-17/h4-8,11-12,15,17,24H,9-10,13-14H2,1-3H3,(H,23,25). The molecule has 1 saturated carbocycles. The van der Waals surface area contributed by atoms with Gasteiger partial charge < -0.3 is 10.1 Å². The van der Waals surface area contributed by atoms with Gasteiger partial charge in [-0.3, -0.25) is 4.79 Å². The molecule has 0 atom stereocenters. The first-order valence-electron chi connectivity index (χ1n) is 9.79. The molecule has 0 spiro atoms. The van der Waals surface area contributed by atoms with Crippen molar-refractivity contribution in [1.29, 1.82) is 0 Å². The SMILES string of the molecule is CC(C)(C)c1ccc(OCCC(=O)Nc2cccc(S(=O)(=O)NC3CC3)c2)cc1. The lowest BCUT2D eigenvalue weighted by Gasteiger charge is -2.19. The van der Waals surface area contributed by atoms with Gasteiger partial charge in [-0.1, -0.05) is 39.0 Å². The summed E-state index contributed by atoms with van der Waals surface area (Å²) in [6, 6.07) is 14.2. The van der Waals surface area contributed by atoms with Crippen LogP contribution >= 0.6 is 0 Å². The number of sulfonamides is 1. The Morgan fingerprint density at radius 1 is 1.10 bits per heavy atom. The number of anilines is 1. The third kappa shape index (κ3) is 6.30. The maximum absolute atomic E-state index is 12.3. The molecule has 29 heavy (non-hydrogen) atoms. The van der Waals surface area contributed by atoms with Gasteiger partial charge in [-0.25, -0.2) is 13.1 Å². The lowest BCUT2D eigenvalue weighted by Crippen LogP contribution is -2.25. The number of hydrogen-bond donors (Lipinski definition) is 2. The monoisotopic (exact) mass is 416 g/mol. The van der Waals surface area contributed by atoms with E-state index < -0.39 is 10.0 Å². The number of hydrogen-bond acceptors (Lipinski definition) is 4. The molecule has 1 amide bonds. The molecule has 156 valence electrons. The lowest BCUT2D eigenvalue weighted by molar-refractivity contribution is -0.116. The molecule has 3 rings (SSSR count). The Morgan fingerprint density at radius 2 is 1.79 bits per heavy atom. The molecule has 0 radical (unpaired) electrons. The van der Waals surface area contributed by atoms with Crippen molar-refractivity contribution < 1.29 is 17.9 Å². The van der Waals surface area contributed by atoms with E-state index in [9.17, 15) is 13.2 Å². The second-order valence-corrected chi connectivity index (χ2v) is 10.1. The summed E-state index contributed by atoms with van der Waals surface area (Å²) < 4.78 is 32.9. The van der Waals surface area contributed by atoms with Gasteiger partial charge in [0.05, 0.1) is 17.9 Å². The summed E-state index contributed by atoms with van der Waals surface area (Å²) in [5.74, 6) is 0.478. The average Bonchev–Trinajstić information content (AvgIpc) is 3.45. The lowest BCUT2D eigenvalue weighted by atomic mass is 9.87. The average molecular weight is 417 g/mol. The Kier molecular flexibility index (Phi) is 6.29. The molecule has 0 saturated heterocycles. The third-order valence-corrected chi connectivity index (χ3v) is 6.16. The molecule has 0 aromatic heterocycles. The van der Waals surface area contributed by atoms with Crippen LogP contribution in [-0.2, 0) is 20.2 Å². The first-order valence-corrected chi connectivity index (χ1v) is 11.3. The third-order valence-electron chi connectivity index (χ3n) is 4.65. The smallest absolute Gasteiger partial charge is 0.240 e. The van der Waals surface area contributed by atoms with Crippen molar-refractivity contribution in [2.75, 3.05) is 11.9 Å². The van der Waals surface area contributed by atoms with E-state index in [4.69, 9.17) is 4.74 Å². The molecule has 2 aromatic carbocycles. The van der Waals surface area contributed by atoms with E-state index in [0.717, 1.165) is 12.8 Å². The number of rotatable bonds is 8. The largest absolute Gasteiger partial charge is 0.493 e. The molecule has 1 fully saturated rings. The zero-order valence-electron chi connectivity index (χ0n) is 17.1. The molecule has 2 aromatic rings. The highest BCUT2D eigenvalue weighted by Gasteiger charge is 2.28. The number of nitrogens with one attached hydrogen (secondary N) is 2. The minimum absolute atomic E-state index is 0.0351. The quantitative estimate of drug-likeness (QED) is 0.685. The Morgan fingerprint density at radius 3 is 2.41 bits per heavy atom. The Bertz CT molecular complexity index is 959. The summed E-state index contributed by atoms with van der Waals surface area (Å²) in [6.45, 7) is 6.68. The van der Waals surface area contributed by atoms with E-state index in [1.165, 1.54) is 17.7 Å². The number of carbonyl (C=O) groups is 1. The first-order chi connectivity index (χ1) is 13.6. The van der Waals surface area contributed by atoms with Gasteiger partial charge >= 0.3 is 0 Å². The predicted octanol–water partition coefficient (Wildman–Crippen LogP) is 3.83. The zero-order chi connectivity index (χ0) is 21.1. The fourth-order valence-electron chi connectivity index (χ4n) is 2.77. The van der Waals surface area contributed by atoms with E-state index in [0.29, 0.717) is 11.4 Å². The Hall–Kier alpha value is -2.38. The van der Waals surface area contributed by atoms with Gasteiger partial charge in [-0.05, 0) is 54.2 Å². The molecule has 1 aliphatic rings. The second-order valence-electron chi connectivity index (χ2n) is 8.34. The van der Waals surface area contributed by atoms with Crippen LogP contribution in [0.4, 0.5) is 5.69 Å². The van der Waals surface area contributed by atoms with Gasteiger partial charge in [0, 0.05) is 11.7 Å². The highest BCUT2D eigenvalue weighted by molar-refractivity contribution is 7.89. The van der Waals surface area contributed by atoms with Crippen LogP contribution < -0.4 is 14.8 Å². The number of carbonyl (C=O) groups excluding carboxylic acids is 1. The Balaban J connectivity index is 1.50. The highest BCUT2D eigenvalue weighted by Crippen LogP contribution is 2.25. The van der Waals surface area contributed by atoms with Crippen LogP contribution in [0.25, 0.3) is 0 Å². The maximum atomic E-state index is 12.3. The van der Waals surface area contributed by atoms with Crippen molar-refractivity contribution in [2.24, 2.45) is 0 Å². The van der Waals surface area contributed by atoms with Gasteiger partial charge in [0.25, 0.3) is 0 Å². The van der Waals surface area contributed by atoms with E-state index in [1.54, 1.807) is 12.1 Å². The molecule has 6 nitrogen and oxygen atoms in total. The summed E-state index contributed by atoms with van der Waals surface area (Å²) in [4.78, 5) is 12.3. The molecular formula is C22H28N2O4S. The summed E-state index contributed by atoms with van der Waals surface area (Å²) >= 11 is 0. The number of amides is 1. The van der Waals surface area contributed by atoms with Crippen LogP contribution in [0, 0.1) is 0 Å². The zero-order valence-corrected chi connectivity index (χ0v) is 17.9. The van der Waals surface area contributed by atoms with Crippen LogP contribution in [0.15, 0.2) is 53.4 Å². The molecule has 0 heterocycles. The van der Waals surface area contributed by atoms with Crippen molar-refractivity contribution >= 4 is 21.6 Å². The molecule has 0 bridgehead atoms. The van der Waals surface area contributed by atoms with E-state index >= 15 is 0 Å². The van der Waals surface area contributed by atoms with Crippen molar-refractivity contribution in [3.63, 3.8) is 0 Å². The van der Waals surface area contributed by atoms with Crippen LogP contribution in [0.1, 0.15) is 45.6 Å². The van der Waals surface area contributed by atoms with Crippen LogP contribution in [0.5, 0.6) is 5.75 Å². The summed E-state index contributed by atoms with van der Waals surface area (Å²) in [6.07, 6.45) is 1.90. The van der Waals surface area contributed by atoms with Gasteiger partial charge in [0.2, 0.25) is 15.9 Å². The molecule has 1 aliphatic carbocycles. The predicted molar refractivity (Wildman–Crippen MR) is 114 cm³/mol. The summed E-state index contributed by atoms with van der Waals surface area (Å²) in [5.41, 5.74) is 1.74. The topological polar surface area (TPSA) is 84.5 Å². The minimum Gasteiger partial charge on any atom is -0.493 e. The summed E-state index contributed by atoms with van der Waals surface area (Å²) in [5, 5.41) is 2.73. The van der Waals surface area contributed by atoms with Crippen molar-refractivity contribution in [1.82, 2.24) is 4.72 Å². The molecular weight excluding hydrogens is 388 g/mol. The van der Waals surface area contributed by atoms with E-state index in [-0.39, 0.29) is 35.3 Å². The minimum atomic E-state index is -3.55. The number of ether oxygens (including phenoxy) is 1. The number of benzene rings is 2. The van der Waals surface area contributed by atoms with Gasteiger partial charge in [-0.15, -0.1) is 0 Å². The van der Waals surface area contributed by atoms with Gasteiger partial charge in [0.1, 0.15) is 5.75 Å². The van der Waals surface area contributed by atoms with E-state index in [1.807, 2.05) is 24.3 Å². The van der Waals surface area contributed by atoms with Crippen molar-refractivity contribution in [3.05, 3.63) is 54.1 Å². The normalized spacial score (nSPS) is 14.4. The van der Waals surface area contributed by atoms with Gasteiger partial charge in [-0.2, -0.15) is 0 Å².